The van der Waals surface area contributed by atoms with Crippen LogP contribution in [-0.2, 0) is 27.4 Å². The van der Waals surface area contributed by atoms with E-state index >= 15 is 0 Å². The maximum Gasteiger partial charge on any atom is 0.326 e. The number of benzene rings is 2. The smallest absolute Gasteiger partial charge is 0.326 e. The van der Waals surface area contributed by atoms with Gasteiger partial charge in [-0.2, -0.15) is 0 Å². The molecule has 45 heavy (non-hydrogen) atoms. The number of nitrogens with zero attached hydrogens (tertiary/aromatic N) is 2. The molecule has 2 aromatic carbocycles. The van der Waals surface area contributed by atoms with Crippen LogP contribution in [0.4, 0.5) is 5.69 Å². The van der Waals surface area contributed by atoms with Crippen LogP contribution in [0.3, 0.4) is 0 Å². The molecular weight excluding hydrogens is 580 g/mol. The molecule has 12 heteroatoms. The fourth-order valence-corrected chi connectivity index (χ4v) is 5.68. The standard InChI is InChI=1S/C33H36N4O8/c1-2-16-37(28-15-12-21-17-27-25(18-24(21)28)32(43)36-29(19-38)34-27)22-13-10-20(11-14-22)31(42)35-26(33(44)45)8-5-7-23(39)6-3-4-9-30(40)41/h1,10-11,13-14,17-18,26,28,38H,3-9,12,15-16,19H2,(H,35,42)(H,40,41)(H,44,45)(H,34,36,43)/t26-,28-/m0/s1. The molecule has 3 aromatic rings. The average Bonchev–Trinajstić information content (AvgIpc) is 3.42. The monoisotopic (exact) mass is 616 g/mol. The number of carbonyl (C=O) groups is 4. The van der Waals surface area contributed by atoms with Crippen molar-refractivity contribution >= 4 is 40.2 Å². The summed E-state index contributed by atoms with van der Waals surface area (Å²) in [6, 6.07) is 9.05. The van der Waals surface area contributed by atoms with E-state index < -0.39 is 23.9 Å². The van der Waals surface area contributed by atoms with Gasteiger partial charge in [0, 0.05) is 30.5 Å². The number of nitrogens with one attached hydrogen (secondary N) is 2. The first-order chi connectivity index (χ1) is 21.6. The van der Waals surface area contributed by atoms with Crippen LogP contribution in [-0.4, -0.2) is 61.5 Å². The summed E-state index contributed by atoms with van der Waals surface area (Å²) >= 11 is 0. The molecule has 0 unspecified atom stereocenters. The number of carboxylic acids is 2. The SMILES string of the molecule is C#CCN(c1ccc(C(=O)N[C@@H](CCCC(=O)CCCCC(=O)O)C(=O)O)cc1)[C@H]1CCc2cc3nc(CO)[nH]c(=O)c3cc21. The van der Waals surface area contributed by atoms with Gasteiger partial charge in [0.15, 0.2) is 0 Å². The molecular formula is C33H36N4O8. The van der Waals surface area contributed by atoms with Crippen LogP contribution in [0.15, 0.2) is 41.2 Å². The Labute approximate surface area is 259 Å². The van der Waals surface area contributed by atoms with Crippen LogP contribution in [0.1, 0.15) is 84.7 Å². The number of carbonyl (C=O) groups excluding carboxylic acids is 2. The maximum absolute atomic E-state index is 12.9. The molecule has 1 aliphatic carbocycles. The van der Waals surface area contributed by atoms with Crippen molar-refractivity contribution in [3.05, 3.63) is 69.3 Å². The van der Waals surface area contributed by atoms with Gasteiger partial charge in [-0.3, -0.25) is 19.2 Å². The van der Waals surface area contributed by atoms with Crippen LogP contribution in [0.5, 0.6) is 0 Å². The van der Waals surface area contributed by atoms with Crippen molar-refractivity contribution in [1.29, 1.82) is 0 Å². The number of aromatic nitrogens is 2. The number of ketones is 1. The van der Waals surface area contributed by atoms with Crippen molar-refractivity contribution in [3.63, 3.8) is 0 Å². The number of fused-ring (bicyclic) bond motifs is 2. The van der Waals surface area contributed by atoms with E-state index in [4.69, 9.17) is 11.5 Å². The largest absolute Gasteiger partial charge is 0.481 e. The second-order valence-electron chi connectivity index (χ2n) is 11.1. The van der Waals surface area contributed by atoms with Gasteiger partial charge in [0.25, 0.3) is 11.5 Å². The number of hydrogen-bond acceptors (Lipinski definition) is 8. The minimum absolute atomic E-state index is 0.00282. The molecule has 5 N–H and O–H groups in total. The lowest BCUT2D eigenvalue weighted by atomic mass is 10.0. The number of aliphatic carboxylic acids is 2. The van der Waals surface area contributed by atoms with E-state index in [0.717, 1.165) is 29.7 Å². The molecule has 1 heterocycles. The van der Waals surface area contributed by atoms with Crippen LogP contribution >= 0.6 is 0 Å². The van der Waals surface area contributed by atoms with Crippen molar-refractivity contribution in [2.75, 3.05) is 11.4 Å². The van der Waals surface area contributed by atoms with Crippen molar-refractivity contribution in [3.8, 4) is 12.3 Å². The number of amides is 1. The molecule has 4 rings (SSSR count). The van der Waals surface area contributed by atoms with E-state index in [1.54, 1.807) is 24.3 Å². The van der Waals surface area contributed by atoms with Gasteiger partial charge in [0.05, 0.1) is 23.5 Å². The molecule has 0 saturated heterocycles. The van der Waals surface area contributed by atoms with Crippen molar-refractivity contribution < 1.29 is 34.5 Å². The van der Waals surface area contributed by atoms with Crippen LogP contribution in [0, 0.1) is 12.3 Å². The van der Waals surface area contributed by atoms with Gasteiger partial charge in [-0.15, -0.1) is 6.42 Å². The van der Waals surface area contributed by atoms with E-state index in [9.17, 15) is 34.2 Å². The van der Waals surface area contributed by atoms with Gasteiger partial charge in [-0.25, -0.2) is 9.78 Å². The molecule has 0 spiro atoms. The second-order valence-corrected chi connectivity index (χ2v) is 11.1. The Kier molecular flexibility index (Phi) is 11.0. The van der Waals surface area contributed by atoms with Crippen LogP contribution < -0.4 is 15.8 Å². The van der Waals surface area contributed by atoms with Gasteiger partial charge in [0.2, 0.25) is 0 Å². The molecule has 1 aliphatic rings. The number of unbranched alkanes of at least 4 members (excludes halogenated alkanes) is 1. The summed E-state index contributed by atoms with van der Waals surface area (Å²) in [7, 11) is 0. The number of H-pyrrole nitrogens is 1. The number of hydrogen-bond donors (Lipinski definition) is 5. The van der Waals surface area contributed by atoms with Gasteiger partial charge < -0.3 is 30.5 Å². The third-order valence-corrected chi connectivity index (χ3v) is 7.96. The number of terminal acetylenes is 1. The Hall–Kier alpha value is -5.02. The summed E-state index contributed by atoms with van der Waals surface area (Å²) in [4.78, 5) is 68.9. The number of aryl methyl sites for hydroxylation is 1. The lowest BCUT2D eigenvalue weighted by Crippen LogP contribution is -2.40. The predicted molar refractivity (Wildman–Crippen MR) is 166 cm³/mol. The Morgan fingerprint density at radius 3 is 2.44 bits per heavy atom. The number of Topliss-reactive ketones (excluding diaryl/α,β-unsaturated/α-hetero) is 1. The number of rotatable bonds is 16. The van der Waals surface area contributed by atoms with Crippen LogP contribution in [0.25, 0.3) is 10.9 Å². The summed E-state index contributed by atoms with van der Waals surface area (Å²) in [5.41, 5.74) is 3.17. The highest BCUT2D eigenvalue weighted by molar-refractivity contribution is 5.97. The first-order valence-corrected chi connectivity index (χ1v) is 14.8. The zero-order valence-corrected chi connectivity index (χ0v) is 24.8. The molecule has 12 nitrogen and oxygen atoms in total. The highest BCUT2D eigenvalue weighted by Crippen LogP contribution is 2.39. The number of aliphatic hydroxyl groups is 1. The third kappa shape index (κ3) is 8.33. The van der Waals surface area contributed by atoms with E-state index in [2.05, 4.69) is 21.2 Å². The third-order valence-electron chi connectivity index (χ3n) is 7.96. The first kappa shape index (κ1) is 32.9. The lowest BCUT2D eigenvalue weighted by Gasteiger charge is -2.30. The number of aromatic amines is 1. The van der Waals surface area contributed by atoms with E-state index in [1.165, 1.54) is 0 Å². The quantitative estimate of drug-likeness (QED) is 0.118. The summed E-state index contributed by atoms with van der Waals surface area (Å²) < 4.78 is 0. The zero-order valence-electron chi connectivity index (χ0n) is 24.8. The summed E-state index contributed by atoms with van der Waals surface area (Å²) in [5, 5.41) is 30.6. The lowest BCUT2D eigenvalue weighted by molar-refractivity contribution is -0.139. The summed E-state index contributed by atoms with van der Waals surface area (Å²) in [6.45, 7) is -0.100. The zero-order chi connectivity index (χ0) is 32.5. The molecule has 0 saturated carbocycles. The molecule has 0 radical (unpaired) electrons. The summed E-state index contributed by atoms with van der Waals surface area (Å²) in [5.74, 6) is 0.135. The molecule has 1 aromatic heterocycles. The van der Waals surface area contributed by atoms with E-state index in [1.807, 2.05) is 17.0 Å². The van der Waals surface area contributed by atoms with Gasteiger partial charge >= 0.3 is 11.9 Å². The Bertz CT molecular complexity index is 1670. The van der Waals surface area contributed by atoms with Gasteiger partial charge in [0.1, 0.15) is 24.3 Å². The minimum atomic E-state index is -1.21. The highest BCUT2D eigenvalue weighted by Gasteiger charge is 2.29. The molecule has 236 valence electrons. The van der Waals surface area contributed by atoms with Gasteiger partial charge in [-0.1, -0.05) is 5.92 Å². The summed E-state index contributed by atoms with van der Waals surface area (Å²) in [6.07, 6.45) is 8.82. The fraction of sp³-hybridized carbons (Fsp3) is 0.394. The number of aliphatic hydroxyl groups excluding tert-OH is 1. The van der Waals surface area contributed by atoms with E-state index in [-0.39, 0.29) is 74.0 Å². The minimum Gasteiger partial charge on any atom is -0.481 e. The maximum atomic E-state index is 12.9. The highest BCUT2D eigenvalue weighted by atomic mass is 16.4. The second kappa shape index (κ2) is 15.1. The van der Waals surface area contributed by atoms with Crippen molar-refractivity contribution in [2.24, 2.45) is 0 Å². The van der Waals surface area contributed by atoms with Crippen molar-refractivity contribution in [1.82, 2.24) is 15.3 Å². The fourth-order valence-electron chi connectivity index (χ4n) is 5.68. The Morgan fingerprint density at radius 2 is 1.78 bits per heavy atom. The van der Waals surface area contributed by atoms with Gasteiger partial charge in [-0.05, 0) is 86.1 Å². The Morgan fingerprint density at radius 1 is 1.07 bits per heavy atom. The molecule has 0 aliphatic heterocycles. The number of carboxylic acid groups (broad SMARTS) is 2. The molecule has 2 atom stereocenters. The topological polar surface area (TPSA) is 190 Å². The van der Waals surface area contributed by atoms with E-state index in [0.29, 0.717) is 23.7 Å². The predicted octanol–water partition coefficient (Wildman–Crippen LogP) is 3.11. The Balaban J connectivity index is 1.41. The van der Waals surface area contributed by atoms with Crippen molar-refractivity contribution in [2.45, 2.75) is 76.5 Å². The molecule has 0 bridgehead atoms. The first-order valence-electron chi connectivity index (χ1n) is 14.8. The average molecular weight is 617 g/mol. The molecule has 0 fully saturated rings. The molecule has 1 amide bonds. The normalized spacial score (nSPS) is 14.4. The number of anilines is 1. The van der Waals surface area contributed by atoms with Crippen LogP contribution in [0.2, 0.25) is 0 Å².